The van der Waals surface area contributed by atoms with E-state index >= 15 is 0 Å². The standard InChI is InChI=1S/C23H26F2N2O/c1-26-18-10-8-16(9-11-18)22(28)27-14-12-23(13-15-27,17-4-2-5-17)19-6-3-7-20(24)21(19)25/h3,6-11,17,26H,2,4-5,12-15H2,1H3. The molecule has 148 valence electrons. The zero-order chi connectivity index (χ0) is 19.7. The van der Waals surface area contributed by atoms with Gasteiger partial charge in [-0.3, -0.25) is 4.79 Å². The first-order chi connectivity index (χ1) is 13.5. The van der Waals surface area contributed by atoms with Gasteiger partial charge in [-0.2, -0.15) is 0 Å². The largest absolute Gasteiger partial charge is 0.388 e. The molecule has 3 nitrogen and oxygen atoms in total. The van der Waals surface area contributed by atoms with Gasteiger partial charge in [-0.1, -0.05) is 18.6 Å². The molecule has 1 aliphatic carbocycles. The van der Waals surface area contributed by atoms with Crippen LogP contribution in [-0.4, -0.2) is 30.9 Å². The zero-order valence-electron chi connectivity index (χ0n) is 16.2. The van der Waals surface area contributed by atoms with Gasteiger partial charge in [0.15, 0.2) is 11.6 Å². The molecule has 2 aromatic rings. The number of carbonyl (C=O) groups is 1. The number of rotatable bonds is 4. The summed E-state index contributed by atoms with van der Waals surface area (Å²) in [6, 6.07) is 12.0. The summed E-state index contributed by atoms with van der Waals surface area (Å²) in [4.78, 5) is 14.7. The zero-order valence-corrected chi connectivity index (χ0v) is 16.2. The molecule has 1 N–H and O–H groups in total. The quantitative estimate of drug-likeness (QED) is 0.806. The molecule has 28 heavy (non-hydrogen) atoms. The van der Waals surface area contributed by atoms with Crippen LogP contribution in [0.4, 0.5) is 14.5 Å². The number of amides is 1. The van der Waals surface area contributed by atoms with Crippen molar-refractivity contribution in [2.45, 2.75) is 37.5 Å². The number of hydrogen-bond acceptors (Lipinski definition) is 2. The van der Waals surface area contributed by atoms with Crippen LogP contribution in [0.15, 0.2) is 42.5 Å². The van der Waals surface area contributed by atoms with E-state index in [-0.39, 0.29) is 11.3 Å². The average Bonchev–Trinajstić information content (AvgIpc) is 2.69. The van der Waals surface area contributed by atoms with Crippen molar-refractivity contribution >= 4 is 11.6 Å². The Bertz CT molecular complexity index is 853. The number of benzene rings is 2. The Kier molecular flexibility index (Phi) is 5.09. The lowest BCUT2D eigenvalue weighted by Gasteiger charge is -2.50. The molecule has 1 amide bonds. The van der Waals surface area contributed by atoms with Gasteiger partial charge in [-0.05, 0) is 67.5 Å². The molecule has 0 spiro atoms. The third-order valence-corrected chi connectivity index (χ3v) is 6.74. The number of nitrogens with one attached hydrogen (secondary N) is 1. The van der Waals surface area contributed by atoms with Gasteiger partial charge in [-0.15, -0.1) is 0 Å². The van der Waals surface area contributed by atoms with Crippen LogP contribution in [-0.2, 0) is 5.41 Å². The maximum absolute atomic E-state index is 14.7. The maximum atomic E-state index is 14.7. The average molecular weight is 384 g/mol. The van der Waals surface area contributed by atoms with Crippen LogP contribution in [0.25, 0.3) is 0 Å². The summed E-state index contributed by atoms with van der Waals surface area (Å²) < 4.78 is 28.6. The van der Waals surface area contributed by atoms with Crippen LogP contribution in [0.3, 0.4) is 0 Å². The van der Waals surface area contributed by atoms with E-state index in [4.69, 9.17) is 0 Å². The van der Waals surface area contributed by atoms with Gasteiger partial charge in [0.05, 0.1) is 0 Å². The molecule has 0 radical (unpaired) electrons. The number of piperidine rings is 1. The van der Waals surface area contributed by atoms with E-state index in [1.807, 2.05) is 36.2 Å². The third kappa shape index (κ3) is 3.17. The van der Waals surface area contributed by atoms with Crippen molar-refractivity contribution in [3.63, 3.8) is 0 Å². The number of hydrogen-bond donors (Lipinski definition) is 1. The van der Waals surface area contributed by atoms with E-state index in [2.05, 4.69) is 5.32 Å². The number of anilines is 1. The molecular formula is C23H26F2N2O. The number of halogens is 2. The second-order valence-corrected chi connectivity index (χ2v) is 8.00. The molecule has 0 unspecified atom stereocenters. The van der Waals surface area contributed by atoms with Crippen molar-refractivity contribution < 1.29 is 13.6 Å². The topological polar surface area (TPSA) is 32.3 Å². The molecule has 2 aliphatic rings. The highest BCUT2D eigenvalue weighted by Gasteiger charge is 2.47. The maximum Gasteiger partial charge on any atom is 0.253 e. The fraction of sp³-hybridized carbons (Fsp3) is 0.435. The molecular weight excluding hydrogens is 358 g/mol. The van der Waals surface area contributed by atoms with Crippen LogP contribution >= 0.6 is 0 Å². The number of likely N-dealkylation sites (tertiary alicyclic amines) is 1. The monoisotopic (exact) mass is 384 g/mol. The minimum atomic E-state index is -0.778. The Hall–Kier alpha value is -2.43. The van der Waals surface area contributed by atoms with Crippen LogP contribution in [0.5, 0.6) is 0 Å². The highest BCUT2D eigenvalue weighted by molar-refractivity contribution is 5.94. The minimum Gasteiger partial charge on any atom is -0.388 e. The smallest absolute Gasteiger partial charge is 0.253 e. The Morgan fingerprint density at radius 1 is 1.07 bits per heavy atom. The van der Waals surface area contributed by atoms with E-state index in [1.54, 1.807) is 12.1 Å². The number of carbonyl (C=O) groups excluding carboxylic acids is 1. The van der Waals surface area contributed by atoms with Crippen LogP contribution in [0, 0.1) is 17.6 Å². The lowest BCUT2D eigenvalue weighted by molar-refractivity contribution is 0.0494. The van der Waals surface area contributed by atoms with Gasteiger partial charge in [0.25, 0.3) is 5.91 Å². The molecule has 0 aromatic heterocycles. The summed E-state index contributed by atoms with van der Waals surface area (Å²) in [6.45, 7) is 1.14. The first-order valence-corrected chi connectivity index (χ1v) is 10.1. The van der Waals surface area contributed by atoms with Gasteiger partial charge in [0.1, 0.15) is 0 Å². The van der Waals surface area contributed by atoms with E-state index < -0.39 is 11.6 Å². The van der Waals surface area contributed by atoms with E-state index in [0.29, 0.717) is 43.0 Å². The molecule has 5 heteroatoms. The van der Waals surface area contributed by atoms with Crippen molar-refractivity contribution in [2.75, 3.05) is 25.5 Å². The SMILES string of the molecule is CNc1ccc(C(=O)N2CCC(c3cccc(F)c3F)(C3CCC3)CC2)cc1. The fourth-order valence-corrected chi connectivity index (χ4v) is 4.82. The van der Waals surface area contributed by atoms with Gasteiger partial charge >= 0.3 is 0 Å². The van der Waals surface area contributed by atoms with Crippen molar-refractivity contribution in [2.24, 2.45) is 5.92 Å². The lowest BCUT2D eigenvalue weighted by Crippen LogP contribution is -2.50. The molecule has 1 saturated heterocycles. The van der Waals surface area contributed by atoms with E-state index in [0.717, 1.165) is 24.9 Å². The van der Waals surface area contributed by atoms with Crippen molar-refractivity contribution in [3.8, 4) is 0 Å². The minimum absolute atomic E-state index is 0.00424. The van der Waals surface area contributed by atoms with E-state index in [9.17, 15) is 13.6 Å². The summed E-state index contributed by atoms with van der Waals surface area (Å²) in [6.07, 6.45) is 4.60. The highest BCUT2D eigenvalue weighted by Crippen LogP contribution is 2.51. The second kappa shape index (κ2) is 7.53. The Morgan fingerprint density at radius 3 is 2.32 bits per heavy atom. The Labute approximate surface area is 164 Å². The van der Waals surface area contributed by atoms with Crippen LogP contribution in [0.2, 0.25) is 0 Å². The third-order valence-electron chi connectivity index (χ3n) is 6.74. The second-order valence-electron chi connectivity index (χ2n) is 8.00. The summed E-state index contributed by atoms with van der Waals surface area (Å²) in [5.41, 5.74) is 1.76. The van der Waals surface area contributed by atoms with Gasteiger partial charge in [0, 0.05) is 36.8 Å². The van der Waals surface area contributed by atoms with Crippen LogP contribution in [0.1, 0.15) is 48.0 Å². The molecule has 4 rings (SSSR count). The molecule has 0 bridgehead atoms. The normalized spacial score (nSPS) is 19.2. The van der Waals surface area contributed by atoms with Crippen LogP contribution < -0.4 is 5.32 Å². The predicted octanol–water partition coefficient (Wildman–Crippen LogP) is 4.98. The Balaban J connectivity index is 1.55. The predicted molar refractivity (Wildman–Crippen MR) is 107 cm³/mol. The van der Waals surface area contributed by atoms with Crippen molar-refractivity contribution in [3.05, 3.63) is 65.2 Å². The summed E-state index contributed by atoms with van der Waals surface area (Å²) >= 11 is 0. The molecule has 2 aromatic carbocycles. The first kappa shape index (κ1) is 18.9. The molecule has 1 aliphatic heterocycles. The van der Waals surface area contributed by atoms with Gasteiger partial charge < -0.3 is 10.2 Å². The van der Waals surface area contributed by atoms with Crippen molar-refractivity contribution in [1.82, 2.24) is 4.90 Å². The summed E-state index contributed by atoms with van der Waals surface area (Å²) in [5, 5.41) is 3.05. The first-order valence-electron chi connectivity index (χ1n) is 10.1. The lowest BCUT2D eigenvalue weighted by atomic mass is 9.57. The molecule has 0 atom stereocenters. The Morgan fingerprint density at radius 2 is 1.75 bits per heavy atom. The summed E-state index contributed by atoms with van der Waals surface area (Å²) in [7, 11) is 1.84. The molecule has 1 saturated carbocycles. The molecule has 1 heterocycles. The fourth-order valence-electron chi connectivity index (χ4n) is 4.82. The summed E-state index contributed by atoms with van der Waals surface area (Å²) in [5.74, 6) is -1.11. The molecule has 2 fully saturated rings. The number of nitrogens with zero attached hydrogens (tertiary/aromatic N) is 1. The highest BCUT2D eigenvalue weighted by atomic mass is 19.2. The van der Waals surface area contributed by atoms with Gasteiger partial charge in [-0.25, -0.2) is 8.78 Å². The van der Waals surface area contributed by atoms with Crippen molar-refractivity contribution in [1.29, 1.82) is 0 Å². The van der Waals surface area contributed by atoms with Gasteiger partial charge in [0.2, 0.25) is 0 Å². The van der Waals surface area contributed by atoms with E-state index in [1.165, 1.54) is 6.07 Å².